The van der Waals surface area contributed by atoms with Crippen LogP contribution in [0.1, 0.15) is 0 Å². The Labute approximate surface area is 128 Å². The first kappa shape index (κ1) is 12.5. The van der Waals surface area contributed by atoms with Crippen molar-refractivity contribution in [1.82, 2.24) is 14.5 Å². The van der Waals surface area contributed by atoms with Crippen LogP contribution in [0, 0.1) is 5.82 Å². The van der Waals surface area contributed by atoms with Gasteiger partial charge in [0, 0.05) is 18.0 Å². The Bertz CT molecular complexity index is 829. The van der Waals surface area contributed by atoms with Crippen molar-refractivity contribution in [2.24, 2.45) is 0 Å². The van der Waals surface area contributed by atoms with E-state index < -0.39 is 0 Å². The van der Waals surface area contributed by atoms with Gasteiger partial charge in [-0.1, -0.05) is 0 Å². The first-order valence-corrected chi connectivity index (χ1v) is 7.12. The van der Waals surface area contributed by atoms with E-state index in [-0.39, 0.29) is 5.82 Å². The van der Waals surface area contributed by atoms with Crippen LogP contribution in [0.15, 0.2) is 47.3 Å². The summed E-state index contributed by atoms with van der Waals surface area (Å²) in [6.07, 6.45) is 3.42. The molecule has 0 unspecified atom stereocenters. The molecule has 4 nitrogen and oxygen atoms in total. The maximum atomic E-state index is 13.1. The van der Waals surface area contributed by atoms with E-state index in [9.17, 15) is 4.39 Å². The van der Waals surface area contributed by atoms with Crippen molar-refractivity contribution in [3.8, 4) is 28.4 Å². The van der Waals surface area contributed by atoms with E-state index in [2.05, 4.69) is 25.9 Å². The van der Waals surface area contributed by atoms with Gasteiger partial charge in [0.05, 0.1) is 11.3 Å². The van der Waals surface area contributed by atoms with Crippen LogP contribution in [-0.4, -0.2) is 14.5 Å². The number of ether oxygens (including phenoxy) is 1. The summed E-state index contributed by atoms with van der Waals surface area (Å²) < 4.78 is 21.5. The van der Waals surface area contributed by atoms with Crippen molar-refractivity contribution < 1.29 is 9.13 Å². The number of pyridine rings is 1. The lowest BCUT2D eigenvalue weighted by atomic mass is 10.1. The van der Waals surface area contributed by atoms with Crippen LogP contribution in [-0.2, 0) is 6.73 Å². The second-order valence-electron chi connectivity index (χ2n) is 4.66. The highest BCUT2D eigenvalue weighted by atomic mass is 79.9. The minimum Gasteiger partial charge on any atom is -0.472 e. The van der Waals surface area contributed by atoms with Crippen molar-refractivity contribution in [3.63, 3.8) is 0 Å². The molecule has 0 atom stereocenters. The predicted molar refractivity (Wildman–Crippen MR) is 79.2 cm³/mol. The molecule has 0 spiro atoms. The van der Waals surface area contributed by atoms with E-state index in [1.807, 2.05) is 10.6 Å². The zero-order chi connectivity index (χ0) is 14.4. The third-order valence-electron chi connectivity index (χ3n) is 3.41. The minimum atomic E-state index is -0.265. The molecule has 3 aromatic rings. The van der Waals surface area contributed by atoms with Crippen molar-refractivity contribution in [2.75, 3.05) is 0 Å². The standard InChI is InChI=1S/C15H9BrFN3O/c16-14-13(9-1-3-10(17)4-2-9)20-8-21-12-5-6-18-7-11(12)15(20)19-14/h1-7H,8H2. The number of hydrogen-bond donors (Lipinski definition) is 0. The molecule has 0 N–H and O–H groups in total. The monoisotopic (exact) mass is 345 g/mol. The van der Waals surface area contributed by atoms with E-state index in [0.717, 1.165) is 28.4 Å². The molecule has 104 valence electrons. The van der Waals surface area contributed by atoms with Gasteiger partial charge >= 0.3 is 0 Å². The molecule has 0 aliphatic carbocycles. The van der Waals surface area contributed by atoms with Crippen LogP contribution < -0.4 is 4.74 Å². The maximum Gasteiger partial charge on any atom is 0.167 e. The molecule has 2 aromatic heterocycles. The highest BCUT2D eigenvalue weighted by Crippen LogP contribution is 2.39. The van der Waals surface area contributed by atoms with Crippen molar-refractivity contribution in [3.05, 3.63) is 53.1 Å². The lowest BCUT2D eigenvalue weighted by molar-refractivity contribution is 0.231. The molecule has 0 amide bonds. The first-order chi connectivity index (χ1) is 10.2. The Morgan fingerprint density at radius 2 is 2.00 bits per heavy atom. The fourth-order valence-electron chi connectivity index (χ4n) is 2.45. The zero-order valence-electron chi connectivity index (χ0n) is 10.8. The van der Waals surface area contributed by atoms with Gasteiger partial charge in [0.15, 0.2) is 6.73 Å². The number of halogens is 2. The van der Waals surface area contributed by atoms with Crippen molar-refractivity contribution in [2.45, 2.75) is 6.73 Å². The lowest BCUT2D eigenvalue weighted by Gasteiger charge is -2.20. The fourth-order valence-corrected chi connectivity index (χ4v) is 3.06. The Morgan fingerprint density at radius 3 is 2.81 bits per heavy atom. The first-order valence-electron chi connectivity index (χ1n) is 6.33. The molecule has 1 aliphatic rings. The number of fused-ring (bicyclic) bond motifs is 3. The Morgan fingerprint density at radius 1 is 1.19 bits per heavy atom. The summed E-state index contributed by atoms with van der Waals surface area (Å²) in [6.45, 7) is 0.359. The van der Waals surface area contributed by atoms with Crippen molar-refractivity contribution >= 4 is 15.9 Å². The van der Waals surface area contributed by atoms with Gasteiger partial charge in [0.25, 0.3) is 0 Å². The Hall–Kier alpha value is -2.21. The third kappa shape index (κ3) is 1.94. The summed E-state index contributed by atoms with van der Waals surface area (Å²) in [4.78, 5) is 8.68. The van der Waals surface area contributed by atoms with E-state index in [1.54, 1.807) is 24.5 Å². The topological polar surface area (TPSA) is 39.9 Å². The van der Waals surface area contributed by atoms with Gasteiger partial charge in [-0.25, -0.2) is 9.37 Å². The van der Waals surface area contributed by atoms with Crippen LogP contribution in [0.3, 0.4) is 0 Å². The van der Waals surface area contributed by atoms with E-state index >= 15 is 0 Å². The number of hydrogen-bond acceptors (Lipinski definition) is 3. The highest BCUT2D eigenvalue weighted by molar-refractivity contribution is 9.10. The van der Waals surface area contributed by atoms with Crippen molar-refractivity contribution in [1.29, 1.82) is 0 Å². The number of aromatic nitrogens is 3. The SMILES string of the molecule is Fc1ccc(-c2c(Br)nc3n2COc2ccncc2-3)cc1. The van der Waals surface area contributed by atoms with Crippen LogP contribution >= 0.6 is 15.9 Å². The van der Waals surface area contributed by atoms with Gasteiger partial charge in [-0.15, -0.1) is 0 Å². The zero-order valence-corrected chi connectivity index (χ0v) is 12.3. The second kappa shape index (κ2) is 4.66. The Balaban J connectivity index is 1.93. The molecule has 0 saturated carbocycles. The summed E-state index contributed by atoms with van der Waals surface area (Å²) >= 11 is 3.48. The molecule has 0 bridgehead atoms. The molecule has 6 heteroatoms. The second-order valence-corrected chi connectivity index (χ2v) is 5.41. The third-order valence-corrected chi connectivity index (χ3v) is 3.97. The molecule has 0 fully saturated rings. The fraction of sp³-hybridized carbons (Fsp3) is 0.0667. The van der Waals surface area contributed by atoms with Gasteiger partial charge < -0.3 is 4.74 Å². The average Bonchev–Trinajstić information content (AvgIpc) is 2.85. The molecule has 0 radical (unpaired) electrons. The van der Waals surface area contributed by atoms with Gasteiger partial charge in [-0.05, 0) is 46.3 Å². The van der Waals surface area contributed by atoms with E-state index in [1.165, 1.54) is 12.1 Å². The summed E-state index contributed by atoms with van der Waals surface area (Å²) in [6, 6.07) is 8.13. The predicted octanol–water partition coefficient (Wildman–Crippen LogP) is 3.86. The number of nitrogens with zero attached hydrogens (tertiary/aromatic N) is 3. The largest absolute Gasteiger partial charge is 0.472 e. The van der Waals surface area contributed by atoms with Crippen LogP contribution in [0.5, 0.6) is 5.75 Å². The van der Waals surface area contributed by atoms with Crippen LogP contribution in [0.25, 0.3) is 22.6 Å². The smallest absolute Gasteiger partial charge is 0.167 e. The highest BCUT2D eigenvalue weighted by Gasteiger charge is 2.24. The summed E-state index contributed by atoms with van der Waals surface area (Å²) in [7, 11) is 0. The van der Waals surface area contributed by atoms with Gasteiger partial charge in [-0.2, -0.15) is 0 Å². The molecule has 21 heavy (non-hydrogen) atoms. The van der Waals surface area contributed by atoms with E-state index in [4.69, 9.17) is 4.74 Å². The van der Waals surface area contributed by atoms with Crippen LogP contribution in [0.2, 0.25) is 0 Å². The van der Waals surface area contributed by atoms with E-state index in [0.29, 0.717) is 11.3 Å². The maximum absolute atomic E-state index is 13.1. The molecular weight excluding hydrogens is 337 g/mol. The normalized spacial score (nSPS) is 12.5. The summed E-state index contributed by atoms with van der Waals surface area (Å²) in [5.41, 5.74) is 2.58. The summed E-state index contributed by atoms with van der Waals surface area (Å²) in [5.74, 6) is 1.29. The van der Waals surface area contributed by atoms with Gasteiger partial charge in [0.1, 0.15) is 22.0 Å². The molecule has 3 heterocycles. The number of rotatable bonds is 1. The molecule has 4 rings (SSSR count). The minimum absolute atomic E-state index is 0.265. The molecular formula is C15H9BrFN3O. The number of benzene rings is 1. The van der Waals surface area contributed by atoms with Crippen LogP contribution in [0.4, 0.5) is 4.39 Å². The lowest BCUT2D eigenvalue weighted by Crippen LogP contribution is -2.14. The summed E-state index contributed by atoms with van der Waals surface area (Å²) in [5, 5.41) is 0. The average molecular weight is 346 g/mol. The van der Waals surface area contributed by atoms with Gasteiger partial charge in [-0.3, -0.25) is 9.55 Å². The quantitative estimate of drug-likeness (QED) is 0.672. The molecule has 1 aliphatic heterocycles. The molecule has 0 saturated heterocycles. The molecule has 1 aromatic carbocycles. The van der Waals surface area contributed by atoms with Gasteiger partial charge in [0.2, 0.25) is 0 Å². The number of imidazole rings is 1. The Kier molecular flexibility index (Phi) is 2.78.